The van der Waals surface area contributed by atoms with Gasteiger partial charge in [-0.1, -0.05) is 65.1 Å². The molecule has 0 saturated carbocycles. The van der Waals surface area contributed by atoms with Crippen molar-refractivity contribution in [1.82, 2.24) is 0 Å². The van der Waals surface area contributed by atoms with Crippen molar-refractivity contribution in [1.29, 1.82) is 0 Å². The first kappa shape index (κ1) is 11.7. The Morgan fingerprint density at radius 2 is 1.61 bits per heavy atom. The molecule has 3 heteroatoms. The van der Waals surface area contributed by atoms with E-state index in [1.165, 1.54) is 0 Å². The molecular formula is C15H11IO2. The predicted octanol–water partition coefficient (Wildman–Crippen LogP) is 3.81. The molecule has 0 unspecified atom stereocenters. The number of benzene rings is 2. The number of alkyl halides is 1. The summed E-state index contributed by atoms with van der Waals surface area (Å²) in [5.74, 6) is 0.829. The number of Topliss-reactive ketones (excluding diaryl/α,β-unsaturated/α-hetero) is 1. The number of ether oxygens (including phenoxy) is 1. The first-order valence-electron chi connectivity index (χ1n) is 5.76. The van der Waals surface area contributed by atoms with E-state index < -0.39 is 0 Å². The van der Waals surface area contributed by atoms with Gasteiger partial charge in [0.1, 0.15) is 15.8 Å². The zero-order valence-corrected chi connectivity index (χ0v) is 11.7. The molecule has 0 fully saturated rings. The van der Waals surface area contributed by atoms with Crippen molar-refractivity contribution in [2.24, 2.45) is 0 Å². The summed E-state index contributed by atoms with van der Waals surface area (Å²) in [7, 11) is 0. The lowest BCUT2D eigenvalue weighted by molar-refractivity contribution is 0.0880. The minimum atomic E-state index is -0.200. The number of para-hydroxylation sites is 1. The SMILES string of the molecule is O=C1c2ccccc2O[C@H](c2ccccc2)[C@H]1I. The smallest absolute Gasteiger partial charge is 0.183 e. The van der Waals surface area contributed by atoms with Crippen LogP contribution in [-0.4, -0.2) is 9.71 Å². The van der Waals surface area contributed by atoms with E-state index in [0.29, 0.717) is 11.3 Å². The summed E-state index contributed by atoms with van der Waals surface area (Å²) in [6.07, 6.45) is -0.200. The Kier molecular flexibility index (Phi) is 3.07. The van der Waals surface area contributed by atoms with Crippen molar-refractivity contribution in [3.63, 3.8) is 0 Å². The zero-order chi connectivity index (χ0) is 12.5. The summed E-state index contributed by atoms with van der Waals surface area (Å²) < 4.78 is 5.79. The molecule has 0 N–H and O–H groups in total. The maximum Gasteiger partial charge on any atom is 0.183 e. The molecule has 2 aromatic rings. The summed E-state index contributed by atoms with van der Waals surface area (Å²) in [6, 6.07) is 17.3. The van der Waals surface area contributed by atoms with E-state index in [1.54, 1.807) is 0 Å². The lowest BCUT2D eigenvalue weighted by atomic mass is 9.96. The van der Waals surface area contributed by atoms with Crippen LogP contribution >= 0.6 is 22.6 Å². The van der Waals surface area contributed by atoms with Crippen molar-refractivity contribution in [2.45, 2.75) is 10.0 Å². The van der Waals surface area contributed by atoms with Gasteiger partial charge in [-0.2, -0.15) is 0 Å². The third kappa shape index (κ3) is 1.92. The van der Waals surface area contributed by atoms with Gasteiger partial charge in [0, 0.05) is 0 Å². The largest absolute Gasteiger partial charge is 0.483 e. The topological polar surface area (TPSA) is 26.3 Å². The standard InChI is InChI=1S/C15H11IO2/c16-13-14(17)11-8-4-5-9-12(11)18-15(13)10-6-2-1-3-7-10/h1-9,13,15H/t13-,15+/m0/s1. The van der Waals surface area contributed by atoms with Crippen molar-refractivity contribution in [3.8, 4) is 5.75 Å². The molecule has 2 nitrogen and oxygen atoms in total. The second-order valence-electron chi connectivity index (χ2n) is 4.21. The van der Waals surface area contributed by atoms with Gasteiger partial charge in [-0.3, -0.25) is 4.79 Å². The number of hydrogen-bond donors (Lipinski definition) is 0. The van der Waals surface area contributed by atoms with E-state index in [9.17, 15) is 4.79 Å². The molecule has 0 aromatic heterocycles. The van der Waals surface area contributed by atoms with E-state index in [2.05, 4.69) is 22.6 Å². The van der Waals surface area contributed by atoms with Crippen LogP contribution in [0.3, 0.4) is 0 Å². The maximum atomic E-state index is 12.3. The normalized spacial score (nSPS) is 22.2. The Labute approximate surface area is 119 Å². The minimum Gasteiger partial charge on any atom is -0.483 e. The number of fused-ring (bicyclic) bond motifs is 1. The Morgan fingerprint density at radius 1 is 0.944 bits per heavy atom. The quantitative estimate of drug-likeness (QED) is 0.578. The Morgan fingerprint density at radius 3 is 2.39 bits per heavy atom. The highest BCUT2D eigenvalue weighted by Crippen LogP contribution is 2.38. The van der Waals surface area contributed by atoms with Crippen LogP contribution in [0.5, 0.6) is 5.75 Å². The van der Waals surface area contributed by atoms with Crippen LogP contribution in [0.1, 0.15) is 22.0 Å². The molecule has 0 amide bonds. The van der Waals surface area contributed by atoms with Gasteiger partial charge in [-0.15, -0.1) is 0 Å². The predicted molar refractivity (Wildman–Crippen MR) is 78.4 cm³/mol. The summed E-state index contributed by atoms with van der Waals surface area (Å²) in [6.45, 7) is 0. The van der Waals surface area contributed by atoms with Crippen LogP contribution in [0.15, 0.2) is 54.6 Å². The molecule has 1 aliphatic rings. The van der Waals surface area contributed by atoms with Gasteiger partial charge in [0.2, 0.25) is 0 Å². The highest BCUT2D eigenvalue weighted by atomic mass is 127. The second-order valence-corrected chi connectivity index (χ2v) is 5.55. The molecule has 2 aromatic carbocycles. The molecule has 1 aliphatic heterocycles. The van der Waals surface area contributed by atoms with Crippen molar-refractivity contribution >= 4 is 28.4 Å². The summed E-state index contributed by atoms with van der Waals surface area (Å²) in [4.78, 5) is 12.3. The molecule has 0 bridgehead atoms. The lowest BCUT2D eigenvalue weighted by Gasteiger charge is -2.29. The average Bonchev–Trinajstić information content (AvgIpc) is 2.44. The van der Waals surface area contributed by atoms with E-state index >= 15 is 0 Å². The van der Waals surface area contributed by atoms with E-state index in [0.717, 1.165) is 5.56 Å². The van der Waals surface area contributed by atoms with Crippen LogP contribution < -0.4 is 4.74 Å². The number of rotatable bonds is 1. The Balaban J connectivity index is 2.04. The second kappa shape index (κ2) is 4.72. The molecule has 0 radical (unpaired) electrons. The van der Waals surface area contributed by atoms with Crippen LogP contribution in [-0.2, 0) is 0 Å². The molecule has 1 heterocycles. The van der Waals surface area contributed by atoms with Gasteiger partial charge in [0.15, 0.2) is 5.78 Å². The number of carbonyl (C=O) groups excluding carboxylic acids is 1. The van der Waals surface area contributed by atoms with Crippen LogP contribution in [0.4, 0.5) is 0 Å². The molecule has 0 saturated heterocycles. The first-order valence-corrected chi connectivity index (χ1v) is 7.01. The van der Waals surface area contributed by atoms with Gasteiger partial charge in [-0.25, -0.2) is 0 Å². The molecule has 0 spiro atoms. The van der Waals surface area contributed by atoms with Crippen molar-refractivity contribution in [2.75, 3.05) is 0 Å². The fourth-order valence-corrected chi connectivity index (χ4v) is 3.03. The van der Waals surface area contributed by atoms with Gasteiger partial charge in [0.25, 0.3) is 0 Å². The van der Waals surface area contributed by atoms with Gasteiger partial charge < -0.3 is 4.74 Å². The average molecular weight is 350 g/mol. The molecule has 0 aliphatic carbocycles. The summed E-state index contributed by atoms with van der Waals surface area (Å²) in [5.41, 5.74) is 1.73. The number of ketones is 1. The summed E-state index contributed by atoms with van der Waals surface area (Å²) >= 11 is 2.17. The lowest BCUT2D eigenvalue weighted by Crippen LogP contribution is -2.31. The molecule has 3 rings (SSSR count). The van der Waals surface area contributed by atoms with Crippen LogP contribution in [0.25, 0.3) is 0 Å². The molecule has 2 atom stereocenters. The maximum absolute atomic E-state index is 12.3. The van der Waals surface area contributed by atoms with Gasteiger partial charge >= 0.3 is 0 Å². The van der Waals surface area contributed by atoms with Gasteiger partial charge in [0.05, 0.1) is 5.56 Å². The van der Waals surface area contributed by atoms with Crippen molar-refractivity contribution in [3.05, 3.63) is 65.7 Å². The minimum absolute atomic E-state index is 0.145. The number of hydrogen-bond acceptors (Lipinski definition) is 2. The monoisotopic (exact) mass is 350 g/mol. The zero-order valence-electron chi connectivity index (χ0n) is 9.55. The fourth-order valence-electron chi connectivity index (χ4n) is 2.14. The van der Waals surface area contributed by atoms with E-state index in [1.807, 2.05) is 54.6 Å². The number of halogens is 1. The van der Waals surface area contributed by atoms with Crippen LogP contribution in [0, 0.1) is 0 Å². The third-order valence-electron chi connectivity index (χ3n) is 3.05. The van der Waals surface area contributed by atoms with E-state index in [4.69, 9.17) is 4.74 Å². The highest BCUT2D eigenvalue weighted by Gasteiger charge is 2.35. The van der Waals surface area contributed by atoms with E-state index in [-0.39, 0.29) is 15.8 Å². The molecular weight excluding hydrogens is 339 g/mol. The van der Waals surface area contributed by atoms with Crippen LogP contribution in [0.2, 0.25) is 0 Å². The van der Waals surface area contributed by atoms with Crippen molar-refractivity contribution < 1.29 is 9.53 Å². The summed E-state index contributed by atoms with van der Waals surface area (Å²) in [5, 5.41) is 0. The Hall–Kier alpha value is -1.36. The molecule has 90 valence electrons. The fraction of sp³-hybridized carbons (Fsp3) is 0.133. The molecule has 18 heavy (non-hydrogen) atoms. The Bertz CT molecular complexity index is 580. The number of carbonyl (C=O) groups is 1. The highest BCUT2D eigenvalue weighted by molar-refractivity contribution is 14.1. The van der Waals surface area contributed by atoms with Gasteiger partial charge in [-0.05, 0) is 17.7 Å². The third-order valence-corrected chi connectivity index (χ3v) is 4.27. The first-order chi connectivity index (χ1) is 8.77.